The zero-order valence-corrected chi connectivity index (χ0v) is 25.5. The number of aliphatic hydroxyl groups excluding tert-OH is 1. The Kier molecular flexibility index (Phi) is 9.20. The van der Waals surface area contributed by atoms with Crippen LogP contribution in [0.5, 0.6) is 5.75 Å². The highest BCUT2D eigenvalue weighted by atomic mass is 16.5. The van der Waals surface area contributed by atoms with Crippen molar-refractivity contribution >= 4 is 40.1 Å². The molecule has 3 atom stereocenters. The first-order valence-corrected chi connectivity index (χ1v) is 14.8. The number of para-hydroxylation sites is 2. The standard InChI is InChI=1S/C34H39N5O5/c1-22-18-39(23(2)21-40)33(42)28-17-26(35-32(41)16-24-19-37(3)29-13-9-8-12-27(24)29)14-15-30(28)44-31(22)20-38(4)34(43)36-25-10-6-5-7-11-25/h5-15,17,19,22-23,31,40H,16,18,20-21H2,1-4H3,(H,35,41)(H,36,43)/t22-,23-,31-/m1/s1. The normalized spacial score (nSPS) is 17.2. The molecular weight excluding hydrogens is 558 g/mol. The van der Waals surface area contributed by atoms with Crippen LogP contribution in [0.2, 0.25) is 0 Å². The molecule has 0 unspecified atom stereocenters. The van der Waals surface area contributed by atoms with Crippen LogP contribution in [0.3, 0.4) is 0 Å². The summed E-state index contributed by atoms with van der Waals surface area (Å²) in [7, 11) is 3.65. The van der Waals surface area contributed by atoms with E-state index < -0.39 is 12.1 Å². The van der Waals surface area contributed by atoms with E-state index in [-0.39, 0.29) is 48.9 Å². The largest absolute Gasteiger partial charge is 0.487 e. The molecule has 3 aromatic carbocycles. The average molecular weight is 598 g/mol. The maximum Gasteiger partial charge on any atom is 0.321 e. The van der Waals surface area contributed by atoms with Crippen LogP contribution in [-0.4, -0.2) is 76.2 Å². The summed E-state index contributed by atoms with van der Waals surface area (Å²) in [5, 5.41) is 16.8. The highest BCUT2D eigenvalue weighted by molar-refractivity contribution is 6.01. The average Bonchev–Trinajstić information content (AvgIpc) is 3.33. The van der Waals surface area contributed by atoms with Crippen molar-refractivity contribution in [3.63, 3.8) is 0 Å². The molecule has 0 radical (unpaired) electrons. The summed E-state index contributed by atoms with van der Waals surface area (Å²) in [5.41, 5.74) is 3.38. The molecule has 0 bridgehead atoms. The van der Waals surface area contributed by atoms with Gasteiger partial charge < -0.3 is 34.8 Å². The Labute approximate surface area is 257 Å². The van der Waals surface area contributed by atoms with E-state index in [1.807, 2.05) is 79.3 Å². The number of urea groups is 1. The van der Waals surface area contributed by atoms with Gasteiger partial charge in [-0.25, -0.2) is 4.79 Å². The predicted octanol–water partition coefficient (Wildman–Crippen LogP) is 4.74. The second kappa shape index (κ2) is 13.2. The van der Waals surface area contributed by atoms with Gasteiger partial charge in [-0.15, -0.1) is 0 Å². The highest BCUT2D eigenvalue weighted by Crippen LogP contribution is 2.31. The van der Waals surface area contributed by atoms with E-state index in [9.17, 15) is 19.5 Å². The van der Waals surface area contributed by atoms with Gasteiger partial charge in [-0.3, -0.25) is 9.59 Å². The van der Waals surface area contributed by atoms with Crippen molar-refractivity contribution in [2.24, 2.45) is 13.0 Å². The Hall–Kier alpha value is -4.83. The second-order valence-electron chi connectivity index (χ2n) is 11.5. The minimum atomic E-state index is -0.450. The third-order valence-corrected chi connectivity index (χ3v) is 8.10. The van der Waals surface area contributed by atoms with Gasteiger partial charge in [0.2, 0.25) is 5.91 Å². The van der Waals surface area contributed by atoms with Gasteiger partial charge in [0.05, 0.1) is 31.2 Å². The van der Waals surface area contributed by atoms with Crippen LogP contribution in [0.15, 0.2) is 79.0 Å². The first-order valence-electron chi connectivity index (χ1n) is 14.8. The van der Waals surface area contributed by atoms with E-state index in [0.29, 0.717) is 23.7 Å². The molecule has 0 fully saturated rings. The molecule has 3 N–H and O–H groups in total. The molecule has 5 rings (SSSR count). The monoisotopic (exact) mass is 597 g/mol. The lowest BCUT2D eigenvalue weighted by molar-refractivity contribution is -0.115. The SMILES string of the molecule is C[C@@H]1CN([C@H](C)CO)C(=O)c2cc(NC(=O)Cc3cn(C)c4ccccc34)ccc2O[C@@H]1CN(C)C(=O)Nc1ccccc1. The molecule has 2 heterocycles. The summed E-state index contributed by atoms with van der Waals surface area (Å²) in [4.78, 5) is 43.0. The molecule has 10 nitrogen and oxygen atoms in total. The molecule has 44 heavy (non-hydrogen) atoms. The first-order chi connectivity index (χ1) is 21.1. The van der Waals surface area contributed by atoms with Gasteiger partial charge >= 0.3 is 6.03 Å². The molecule has 4 amide bonds. The number of hydrogen-bond donors (Lipinski definition) is 3. The van der Waals surface area contributed by atoms with E-state index in [4.69, 9.17) is 4.74 Å². The Balaban J connectivity index is 1.36. The summed E-state index contributed by atoms with van der Waals surface area (Å²) >= 11 is 0. The van der Waals surface area contributed by atoms with Crippen LogP contribution in [-0.2, 0) is 18.3 Å². The van der Waals surface area contributed by atoms with E-state index in [0.717, 1.165) is 16.5 Å². The number of carbonyl (C=O) groups excluding carboxylic acids is 3. The van der Waals surface area contributed by atoms with Crippen LogP contribution in [0, 0.1) is 5.92 Å². The van der Waals surface area contributed by atoms with Crippen LogP contribution >= 0.6 is 0 Å². The molecule has 0 saturated heterocycles. The maximum atomic E-state index is 13.8. The summed E-state index contributed by atoms with van der Waals surface area (Å²) < 4.78 is 8.41. The zero-order valence-electron chi connectivity index (χ0n) is 25.5. The second-order valence-corrected chi connectivity index (χ2v) is 11.5. The van der Waals surface area contributed by atoms with E-state index in [1.165, 1.54) is 0 Å². The minimum Gasteiger partial charge on any atom is -0.487 e. The Morgan fingerprint density at radius 3 is 2.52 bits per heavy atom. The van der Waals surface area contributed by atoms with Gasteiger partial charge in [0.25, 0.3) is 5.91 Å². The third-order valence-electron chi connectivity index (χ3n) is 8.10. The number of benzene rings is 3. The number of aromatic nitrogens is 1. The van der Waals surface area contributed by atoms with Gasteiger partial charge in [-0.1, -0.05) is 43.3 Å². The molecule has 4 aromatic rings. The van der Waals surface area contributed by atoms with Crippen LogP contribution in [0.1, 0.15) is 29.8 Å². The molecule has 10 heteroatoms. The van der Waals surface area contributed by atoms with Gasteiger partial charge in [0, 0.05) is 55.0 Å². The van der Waals surface area contributed by atoms with Gasteiger partial charge in [0.1, 0.15) is 11.9 Å². The van der Waals surface area contributed by atoms with Crippen molar-refractivity contribution < 1.29 is 24.2 Å². The van der Waals surface area contributed by atoms with Crippen LogP contribution < -0.4 is 15.4 Å². The summed E-state index contributed by atoms with van der Waals surface area (Å²) in [6.07, 6.45) is 1.68. The predicted molar refractivity (Wildman–Crippen MR) is 171 cm³/mol. The van der Waals surface area contributed by atoms with E-state index >= 15 is 0 Å². The number of nitrogens with zero attached hydrogens (tertiary/aromatic N) is 3. The molecule has 0 spiro atoms. The van der Waals surface area contributed by atoms with E-state index in [1.54, 1.807) is 42.0 Å². The molecule has 1 aromatic heterocycles. The quantitative estimate of drug-likeness (QED) is 0.271. The number of aryl methyl sites for hydroxylation is 1. The zero-order chi connectivity index (χ0) is 31.4. The molecule has 1 aliphatic heterocycles. The molecule has 0 saturated carbocycles. The number of amides is 4. The lowest BCUT2D eigenvalue weighted by atomic mass is 9.99. The van der Waals surface area contributed by atoms with Crippen molar-refractivity contribution in [3.05, 3.63) is 90.1 Å². The number of hydrogen-bond acceptors (Lipinski definition) is 5. The lowest BCUT2D eigenvalue weighted by Crippen LogP contribution is -2.50. The summed E-state index contributed by atoms with van der Waals surface area (Å²) in [6.45, 7) is 4.12. The van der Waals surface area contributed by atoms with E-state index in [2.05, 4.69) is 10.6 Å². The topological polar surface area (TPSA) is 116 Å². The highest BCUT2D eigenvalue weighted by Gasteiger charge is 2.34. The minimum absolute atomic E-state index is 0.159. The van der Waals surface area contributed by atoms with Crippen molar-refractivity contribution in [1.29, 1.82) is 0 Å². The fourth-order valence-electron chi connectivity index (χ4n) is 5.56. The number of nitrogens with one attached hydrogen (secondary N) is 2. The third kappa shape index (κ3) is 6.70. The first kappa shape index (κ1) is 30.6. The number of carbonyl (C=O) groups is 3. The van der Waals surface area contributed by atoms with Crippen molar-refractivity contribution in [2.75, 3.05) is 37.4 Å². The van der Waals surface area contributed by atoms with Gasteiger partial charge in [0.15, 0.2) is 0 Å². The number of anilines is 2. The smallest absolute Gasteiger partial charge is 0.321 e. The number of ether oxygens (including phenoxy) is 1. The fraction of sp³-hybridized carbons (Fsp3) is 0.324. The summed E-state index contributed by atoms with van der Waals surface area (Å²) in [5.74, 6) is -0.315. The van der Waals surface area contributed by atoms with Crippen molar-refractivity contribution in [1.82, 2.24) is 14.4 Å². The lowest BCUT2D eigenvalue weighted by Gasteiger charge is -2.38. The Bertz CT molecular complexity index is 1650. The molecule has 0 aliphatic carbocycles. The van der Waals surface area contributed by atoms with Crippen LogP contribution in [0.4, 0.5) is 16.2 Å². The number of rotatable bonds is 8. The molecule has 230 valence electrons. The summed E-state index contributed by atoms with van der Waals surface area (Å²) in [6, 6.07) is 21.4. The number of likely N-dealkylation sites (N-methyl/N-ethyl adjacent to an activating group) is 1. The van der Waals surface area contributed by atoms with Gasteiger partial charge in [-0.05, 0) is 48.9 Å². The molecular formula is C34H39N5O5. The Morgan fingerprint density at radius 1 is 1.05 bits per heavy atom. The van der Waals surface area contributed by atoms with Crippen molar-refractivity contribution in [2.45, 2.75) is 32.4 Å². The van der Waals surface area contributed by atoms with Gasteiger partial charge in [-0.2, -0.15) is 0 Å². The Morgan fingerprint density at radius 2 is 1.77 bits per heavy atom. The molecule has 1 aliphatic rings. The maximum absolute atomic E-state index is 13.8. The number of fused-ring (bicyclic) bond motifs is 2. The number of aliphatic hydroxyl groups is 1. The van der Waals surface area contributed by atoms with Crippen LogP contribution in [0.25, 0.3) is 10.9 Å². The van der Waals surface area contributed by atoms with Crippen molar-refractivity contribution in [3.8, 4) is 5.75 Å². The fourth-order valence-corrected chi connectivity index (χ4v) is 5.56.